The molecule has 0 bridgehead atoms. The van der Waals surface area contributed by atoms with E-state index in [0.717, 1.165) is 50.7 Å². The summed E-state index contributed by atoms with van der Waals surface area (Å²) in [5, 5.41) is 0. The SMILES string of the molecule is O=C(C1CCc2ccccc2O1)N1CC2CN(c3ncccn3)CC2C1. The molecule has 3 aliphatic rings. The second-order valence-corrected chi connectivity index (χ2v) is 7.47. The lowest BCUT2D eigenvalue weighted by Crippen LogP contribution is -2.43. The van der Waals surface area contributed by atoms with Gasteiger partial charge in [-0.05, 0) is 30.5 Å². The number of carbonyl (C=O) groups excluding carboxylic acids is 1. The van der Waals surface area contributed by atoms with Gasteiger partial charge in [-0.1, -0.05) is 18.2 Å². The highest BCUT2D eigenvalue weighted by Crippen LogP contribution is 2.34. The third-order valence-electron chi connectivity index (χ3n) is 5.83. The van der Waals surface area contributed by atoms with Gasteiger partial charge in [0.15, 0.2) is 6.10 Å². The van der Waals surface area contributed by atoms with E-state index in [4.69, 9.17) is 4.74 Å². The van der Waals surface area contributed by atoms with Crippen LogP contribution >= 0.6 is 0 Å². The molecule has 1 amide bonds. The van der Waals surface area contributed by atoms with Crippen LogP contribution in [0.15, 0.2) is 42.7 Å². The Balaban J connectivity index is 1.22. The van der Waals surface area contributed by atoms with Crippen LogP contribution in [0, 0.1) is 11.8 Å². The minimum Gasteiger partial charge on any atom is -0.480 e. The van der Waals surface area contributed by atoms with Gasteiger partial charge in [-0.3, -0.25) is 4.79 Å². The summed E-state index contributed by atoms with van der Waals surface area (Å²) in [6.07, 6.45) is 4.91. The maximum absolute atomic E-state index is 13.0. The van der Waals surface area contributed by atoms with E-state index < -0.39 is 0 Å². The second-order valence-electron chi connectivity index (χ2n) is 7.47. The minimum absolute atomic E-state index is 0.149. The van der Waals surface area contributed by atoms with E-state index in [9.17, 15) is 4.79 Å². The summed E-state index contributed by atoms with van der Waals surface area (Å²) in [6.45, 7) is 3.47. The summed E-state index contributed by atoms with van der Waals surface area (Å²) in [6, 6.07) is 9.87. The minimum atomic E-state index is -0.336. The molecular weight excluding hydrogens is 328 g/mol. The van der Waals surface area contributed by atoms with E-state index in [1.54, 1.807) is 12.4 Å². The van der Waals surface area contributed by atoms with E-state index in [1.165, 1.54) is 5.56 Å². The van der Waals surface area contributed by atoms with Crippen LogP contribution in [0.25, 0.3) is 0 Å². The molecule has 0 N–H and O–H groups in total. The lowest BCUT2D eigenvalue weighted by atomic mass is 10.0. The Kier molecular flexibility index (Phi) is 3.76. The molecule has 134 valence electrons. The van der Waals surface area contributed by atoms with Crippen molar-refractivity contribution in [3.8, 4) is 5.75 Å². The topological polar surface area (TPSA) is 58.6 Å². The fourth-order valence-corrected chi connectivity index (χ4v) is 4.49. The third-order valence-corrected chi connectivity index (χ3v) is 5.83. The number of ether oxygens (including phenoxy) is 1. The quantitative estimate of drug-likeness (QED) is 0.826. The highest BCUT2D eigenvalue weighted by Gasteiger charge is 2.44. The number of aryl methyl sites for hydroxylation is 1. The number of nitrogens with zero attached hydrogens (tertiary/aromatic N) is 4. The number of anilines is 1. The van der Waals surface area contributed by atoms with Gasteiger partial charge in [0.1, 0.15) is 5.75 Å². The van der Waals surface area contributed by atoms with Crippen molar-refractivity contribution in [2.45, 2.75) is 18.9 Å². The van der Waals surface area contributed by atoms with E-state index in [-0.39, 0.29) is 12.0 Å². The number of aromatic nitrogens is 2. The zero-order chi connectivity index (χ0) is 17.5. The normalized spacial score (nSPS) is 27.0. The van der Waals surface area contributed by atoms with Gasteiger partial charge in [-0.25, -0.2) is 9.97 Å². The maximum atomic E-state index is 13.0. The molecule has 5 rings (SSSR count). The van der Waals surface area contributed by atoms with E-state index in [0.29, 0.717) is 11.8 Å². The predicted octanol–water partition coefficient (Wildman–Crippen LogP) is 1.76. The molecule has 1 aromatic heterocycles. The molecule has 1 aromatic carbocycles. The molecule has 6 heteroatoms. The average Bonchev–Trinajstić information content (AvgIpc) is 3.27. The summed E-state index contributed by atoms with van der Waals surface area (Å²) < 4.78 is 6.00. The van der Waals surface area contributed by atoms with Crippen LogP contribution in [0.3, 0.4) is 0 Å². The van der Waals surface area contributed by atoms with Gasteiger partial charge in [0, 0.05) is 50.4 Å². The summed E-state index contributed by atoms with van der Waals surface area (Å²) in [4.78, 5) is 25.9. The summed E-state index contributed by atoms with van der Waals surface area (Å²) in [7, 11) is 0. The Hall–Kier alpha value is -2.63. The first-order valence-corrected chi connectivity index (χ1v) is 9.33. The van der Waals surface area contributed by atoms with Gasteiger partial charge in [0.25, 0.3) is 5.91 Å². The van der Waals surface area contributed by atoms with Crippen molar-refractivity contribution >= 4 is 11.9 Å². The number of hydrogen-bond acceptors (Lipinski definition) is 5. The first-order valence-electron chi connectivity index (χ1n) is 9.33. The molecule has 0 radical (unpaired) electrons. The van der Waals surface area contributed by atoms with Crippen molar-refractivity contribution in [1.29, 1.82) is 0 Å². The van der Waals surface area contributed by atoms with Gasteiger partial charge >= 0.3 is 0 Å². The largest absolute Gasteiger partial charge is 0.480 e. The highest BCUT2D eigenvalue weighted by molar-refractivity contribution is 5.82. The zero-order valence-corrected chi connectivity index (χ0v) is 14.6. The number of para-hydroxylation sites is 1. The number of carbonyl (C=O) groups is 1. The molecule has 2 saturated heterocycles. The predicted molar refractivity (Wildman–Crippen MR) is 97.0 cm³/mol. The number of rotatable bonds is 2. The smallest absolute Gasteiger partial charge is 0.263 e. The lowest BCUT2D eigenvalue weighted by molar-refractivity contribution is -0.138. The van der Waals surface area contributed by atoms with Gasteiger partial charge in [-0.15, -0.1) is 0 Å². The molecule has 4 heterocycles. The highest BCUT2D eigenvalue weighted by atomic mass is 16.5. The Morgan fingerprint density at radius 3 is 2.50 bits per heavy atom. The van der Waals surface area contributed by atoms with Crippen molar-refractivity contribution in [2.75, 3.05) is 31.1 Å². The molecule has 0 aliphatic carbocycles. The maximum Gasteiger partial charge on any atom is 0.263 e. The number of fused-ring (bicyclic) bond motifs is 2. The summed E-state index contributed by atoms with van der Waals surface area (Å²) in [5.74, 6) is 2.81. The van der Waals surface area contributed by atoms with E-state index in [2.05, 4.69) is 20.9 Å². The van der Waals surface area contributed by atoms with E-state index in [1.807, 2.05) is 29.2 Å². The van der Waals surface area contributed by atoms with E-state index >= 15 is 0 Å². The molecule has 3 atom stereocenters. The second kappa shape index (κ2) is 6.27. The Labute approximate surface area is 152 Å². The third kappa shape index (κ3) is 2.69. The number of benzene rings is 1. The van der Waals surface area contributed by atoms with Crippen LogP contribution in [-0.2, 0) is 11.2 Å². The van der Waals surface area contributed by atoms with Crippen LogP contribution in [-0.4, -0.2) is 53.1 Å². The fourth-order valence-electron chi connectivity index (χ4n) is 4.49. The number of hydrogen-bond donors (Lipinski definition) is 0. The monoisotopic (exact) mass is 350 g/mol. The summed E-state index contributed by atoms with van der Waals surface area (Å²) in [5.41, 5.74) is 1.20. The van der Waals surface area contributed by atoms with Gasteiger partial charge < -0.3 is 14.5 Å². The molecular formula is C20H22N4O2. The first-order chi connectivity index (χ1) is 12.8. The standard InChI is InChI=1S/C20H22N4O2/c25-19(18-7-6-14-4-1-2-5-17(14)26-18)23-10-15-12-24(13-16(15)11-23)20-21-8-3-9-22-20/h1-5,8-9,15-16,18H,6-7,10-13H2. The van der Waals surface area contributed by atoms with Crippen molar-refractivity contribution in [2.24, 2.45) is 11.8 Å². The molecule has 26 heavy (non-hydrogen) atoms. The number of amides is 1. The van der Waals surface area contributed by atoms with Crippen LogP contribution in [0.5, 0.6) is 5.75 Å². The van der Waals surface area contributed by atoms with Crippen molar-refractivity contribution in [1.82, 2.24) is 14.9 Å². The van der Waals surface area contributed by atoms with Crippen molar-refractivity contribution in [3.63, 3.8) is 0 Å². The van der Waals surface area contributed by atoms with Gasteiger partial charge in [-0.2, -0.15) is 0 Å². The molecule has 0 saturated carbocycles. The molecule has 3 aliphatic heterocycles. The van der Waals surface area contributed by atoms with Crippen LogP contribution < -0.4 is 9.64 Å². The average molecular weight is 350 g/mol. The molecule has 2 aromatic rings. The Bertz CT molecular complexity index is 798. The van der Waals surface area contributed by atoms with Gasteiger partial charge in [0.2, 0.25) is 5.95 Å². The molecule has 2 fully saturated rings. The zero-order valence-electron chi connectivity index (χ0n) is 14.6. The Morgan fingerprint density at radius 2 is 1.73 bits per heavy atom. The molecule has 0 spiro atoms. The van der Waals surface area contributed by atoms with Gasteiger partial charge in [0.05, 0.1) is 0 Å². The summed E-state index contributed by atoms with van der Waals surface area (Å²) >= 11 is 0. The Morgan fingerprint density at radius 1 is 1.00 bits per heavy atom. The van der Waals surface area contributed by atoms with Crippen LogP contribution in [0.1, 0.15) is 12.0 Å². The number of likely N-dealkylation sites (tertiary alicyclic amines) is 1. The fraction of sp³-hybridized carbons (Fsp3) is 0.450. The van der Waals surface area contributed by atoms with Crippen molar-refractivity contribution in [3.05, 3.63) is 48.3 Å². The van der Waals surface area contributed by atoms with Crippen LogP contribution in [0.2, 0.25) is 0 Å². The molecule has 3 unspecified atom stereocenters. The lowest BCUT2D eigenvalue weighted by Gasteiger charge is -2.29. The molecule has 6 nitrogen and oxygen atoms in total. The van der Waals surface area contributed by atoms with Crippen LogP contribution in [0.4, 0.5) is 5.95 Å². The first kappa shape index (κ1) is 15.6. The van der Waals surface area contributed by atoms with Crippen molar-refractivity contribution < 1.29 is 9.53 Å².